The number of rotatable bonds is 4. The van der Waals surface area contributed by atoms with Crippen molar-refractivity contribution < 1.29 is 14.3 Å². The van der Waals surface area contributed by atoms with Gasteiger partial charge in [-0.05, 0) is 31.5 Å². The molecule has 1 aromatic rings. The Morgan fingerprint density at radius 2 is 2.25 bits per heavy atom. The minimum atomic E-state index is -0.0397. The van der Waals surface area contributed by atoms with Crippen LogP contribution in [0.3, 0.4) is 0 Å². The predicted molar refractivity (Wildman–Crippen MR) is 93.1 cm³/mol. The van der Waals surface area contributed by atoms with E-state index in [-0.39, 0.29) is 12.1 Å². The molecule has 0 spiro atoms. The Hall–Kier alpha value is -1.63. The van der Waals surface area contributed by atoms with E-state index < -0.39 is 0 Å². The topological polar surface area (TPSA) is 54.0 Å². The van der Waals surface area contributed by atoms with Gasteiger partial charge in [-0.2, -0.15) is 0 Å². The zero-order valence-electron chi connectivity index (χ0n) is 14.5. The summed E-state index contributed by atoms with van der Waals surface area (Å²) in [5, 5.41) is 3.01. The maximum absolute atomic E-state index is 12.5. The number of hydrogen-bond acceptors (Lipinski definition) is 4. The van der Waals surface area contributed by atoms with Crippen molar-refractivity contribution >= 4 is 11.7 Å². The highest BCUT2D eigenvalue weighted by Gasteiger charge is 2.31. The van der Waals surface area contributed by atoms with Crippen LogP contribution in [0.15, 0.2) is 24.3 Å². The highest BCUT2D eigenvalue weighted by atomic mass is 16.5. The number of morpholine rings is 1. The fraction of sp³-hybridized carbons (Fsp3) is 0.611. The van der Waals surface area contributed by atoms with Crippen molar-refractivity contribution in [2.24, 2.45) is 0 Å². The van der Waals surface area contributed by atoms with Crippen LogP contribution in [-0.2, 0) is 16.1 Å². The van der Waals surface area contributed by atoms with Crippen molar-refractivity contribution in [3.8, 4) is 0 Å². The van der Waals surface area contributed by atoms with Crippen LogP contribution >= 0.6 is 0 Å². The molecule has 2 fully saturated rings. The number of hydrogen-bond donors (Lipinski definition) is 1. The van der Waals surface area contributed by atoms with Crippen LogP contribution < -0.4 is 5.32 Å². The van der Waals surface area contributed by atoms with Crippen LogP contribution in [0.4, 0.5) is 10.5 Å². The molecule has 2 heterocycles. The van der Waals surface area contributed by atoms with Gasteiger partial charge < -0.3 is 19.7 Å². The molecule has 1 N–H and O–H groups in total. The van der Waals surface area contributed by atoms with E-state index in [0.29, 0.717) is 19.3 Å². The van der Waals surface area contributed by atoms with E-state index in [1.54, 1.807) is 0 Å². The lowest BCUT2D eigenvalue weighted by molar-refractivity contribution is -0.0355. The van der Waals surface area contributed by atoms with Crippen LogP contribution in [0.5, 0.6) is 0 Å². The third-order valence-electron chi connectivity index (χ3n) is 4.49. The first kappa shape index (κ1) is 17.2. The second-order valence-corrected chi connectivity index (χ2v) is 6.70. The normalized spacial score (nSPS) is 21.6. The van der Waals surface area contributed by atoms with Gasteiger partial charge in [-0.3, -0.25) is 4.90 Å². The lowest BCUT2D eigenvalue weighted by atomic mass is 10.1. The molecule has 0 aliphatic carbocycles. The van der Waals surface area contributed by atoms with Crippen molar-refractivity contribution in [3.63, 3.8) is 0 Å². The summed E-state index contributed by atoms with van der Waals surface area (Å²) in [6.45, 7) is 9.47. The van der Waals surface area contributed by atoms with Gasteiger partial charge in [-0.25, -0.2) is 4.79 Å². The van der Waals surface area contributed by atoms with Gasteiger partial charge >= 0.3 is 6.03 Å². The monoisotopic (exact) mass is 333 g/mol. The van der Waals surface area contributed by atoms with Crippen LogP contribution in [0.2, 0.25) is 0 Å². The molecule has 0 aromatic heterocycles. The van der Waals surface area contributed by atoms with Crippen molar-refractivity contribution in [3.05, 3.63) is 29.8 Å². The fourth-order valence-corrected chi connectivity index (χ4v) is 3.14. The third-order valence-corrected chi connectivity index (χ3v) is 4.49. The molecule has 1 atom stereocenters. The first-order chi connectivity index (χ1) is 11.6. The van der Waals surface area contributed by atoms with E-state index in [4.69, 9.17) is 9.47 Å². The molecule has 6 nitrogen and oxygen atoms in total. The number of benzene rings is 1. The molecule has 24 heavy (non-hydrogen) atoms. The lowest BCUT2D eigenvalue weighted by Crippen LogP contribution is -2.59. The Kier molecular flexibility index (Phi) is 5.71. The number of anilines is 1. The van der Waals surface area contributed by atoms with E-state index in [2.05, 4.69) is 10.2 Å². The van der Waals surface area contributed by atoms with Crippen molar-refractivity contribution in [2.45, 2.75) is 32.6 Å². The number of ether oxygens (including phenoxy) is 2. The number of carbonyl (C=O) groups is 1. The summed E-state index contributed by atoms with van der Waals surface area (Å²) in [5.74, 6) is 0. The smallest absolute Gasteiger partial charge is 0.321 e. The largest absolute Gasteiger partial charge is 0.378 e. The summed E-state index contributed by atoms with van der Waals surface area (Å²) < 4.78 is 11.2. The molecule has 2 aliphatic rings. The summed E-state index contributed by atoms with van der Waals surface area (Å²) in [6, 6.07) is 8.13. The minimum absolute atomic E-state index is 0.0397. The zero-order chi connectivity index (χ0) is 16.9. The summed E-state index contributed by atoms with van der Waals surface area (Å²) in [7, 11) is 0. The molecule has 3 rings (SSSR count). The molecule has 2 saturated heterocycles. The molecule has 2 amide bonds. The quantitative estimate of drug-likeness (QED) is 0.917. The molecule has 0 radical (unpaired) electrons. The van der Waals surface area contributed by atoms with E-state index >= 15 is 0 Å². The Bertz CT molecular complexity index is 564. The van der Waals surface area contributed by atoms with Crippen molar-refractivity contribution in [1.29, 1.82) is 0 Å². The zero-order valence-corrected chi connectivity index (χ0v) is 14.5. The van der Waals surface area contributed by atoms with E-state index in [0.717, 1.165) is 44.0 Å². The number of nitrogens with zero attached hydrogens (tertiary/aromatic N) is 2. The van der Waals surface area contributed by atoms with Gasteiger partial charge in [0.1, 0.15) is 0 Å². The maximum Gasteiger partial charge on any atom is 0.321 e. The Morgan fingerprint density at radius 3 is 3.08 bits per heavy atom. The SMILES string of the molecule is CC(C)OCc1cccc(NC(=O)N2CCN3CCOC[C@H]3C2)c1. The number of urea groups is 1. The highest BCUT2D eigenvalue weighted by Crippen LogP contribution is 2.17. The minimum Gasteiger partial charge on any atom is -0.378 e. The number of amides is 2. The summed E-state index contributed by atoms with van der Waals surface area (Å²) in [6.07, 6.45) is 0.192. The second-order valence-electron chi connectivity index (χ2n) is 6.70. The van der Waals surface area contributed by atoms with Crippen LogP contribution in [-0.4, -0.2) is 67.4 Å². The average molecular weight is 333 g/mol. The molecule has 2 aliphatic heterocycles. The third kappa shape index (κ3) is 4.47. The van der Waals surface area contributed by atoms with E-state index in [1.165, 1.54) is 0 Å². The average Bonchev–Trinajstić information content (AvgIpc) is 2.60. The summed E-state index contributed by atoms with van der Waals surface area (Å²) in [5.41, 5.74) is 1.87. The van der Waals surface area contributed by atoms with Crippen LogP contribution in [0.25, 0.3) is 0 Å². The first-order valence-corrected chi connectivity index (χ1v) is 8.70. The molecule has 6 heteroatoms. The maximum atomic E-state index is 12.5. The van der Waals surface area contributed by atoms with Gasteiger partial charge in [-0.1, -0.05) is 12.1 Å². The van der Waals surface area contributed by atoms with E-state index in [9.17, 15) is 4.79 Å². The fourth-order valence-electron chi connectivity index (χ4n) is 3.14. The van der Waals surface area contributed by atoms with Gasteiger partial charge in [0, 0.05) is 31.9 Å². The molecule has 0 bridgehead atoms. The Balaban J connectivity index is 1.55. The summed E-state index contributed by atoms with van der Waals surface area (Å²) >= 11 is 0. The van der Waals surface area contributed by atoms with Gasteiger partial charge in [0.05, 0.1) is 32.0 Å². The molecular weight excluding hydrogens is 306 g/mol. The Labute approximate surface area is 143 Å². The molecule has 0 unspecified atom stereocenters. The number of fused-ring (bicyclic) bond motifs is 1. The molecular formula is C18H27N3O3. The van der Waals surface area contributed by atoms with Gasteiger partial charge in [0.2, 0.25) is 0 Å². The predicted octanol–water partition coefficient (Wildman–Crippen LogP) is 2.16. The number of carbonyl (C=O) groups excluding carboxylic acids is 1. The van der Waals surface area contributed by atoms with Gasteiger partial charge in [0.15, 0.2) is 0 Å². The van der Waals surface area contributed by atoms with Crippen LogP contribution in [0, 0.1) is 0 Å². The summed E-state index contributed by atoms with van der Waals surface area (Å²) in [4.78, 5) is 16.8. The standard InChI is InChI=1S/C18H27N3O3/c1-14(2)24-12-15-4-3-5-16(10-15)19-18(22)21-7-6-20-8-9-23-13-17(20)11-21/h3-5,10,14,17H,6-9,11-13H2,1-2H3,(H,19,22)/t17-/m1/s1. The number of piperazine rings is 1. The van der Waals surface area contributed by atoms with E-state index in [1.807, 2.05) is 43.0 Å². The second kappa shape index (κ2) is 7.96. The Morgan fingerprint density at radius 1 is 1.38 bits per heavy atom. The van der Waals surface area contributed by atoms with Gasteiger partial charge in [-0.15, -0.1) is 0 Å². The van der Waals surface area contributed by atoms with Crippen molar-refractivity contribution in [2.75, 3.05) is 44.7 Å². The molecule has 0 saturated carbocycles. The first-order valence-electron chi connectivity index (χ1n) is 8.70. The van der Waals surface area contributed by atoms with Crippen molar-refractivity contribution in [1.82, 2.24) is 9.80 Å². The number of nitrogens with one attached hydrogen (secondary N) is 1. The highest BCUT2D eigenvalue weighted by molar-refractivity contribution is 5.89. The lowest BCUT2D eigenvalue weighted by Gasteiger charge is -2.43. The molecule has 1 aromatic carbocycles. The van der Waals surface area contributed by atoms with Gasteiger partial charge in [0.25, 0.3) is 0 Å². The molecule has 132 valence electrons. The van der Waals surface area contributed by atoms with Crippen LogP contribution in [0.1, 0.15) is 19.4 Å².